The molecule has 2 amide bonds. The van der Waals surface area contributed by atoms with Gasteiger partial charge in [-0.2, -0.15) is 0 Å². The third-order valence-electron chi connectivity index (χ3n) is 10.8. The molecule has 0 aliphatic heterocycles. The molecule has 0 saturated carbocycles. The summed E-state index contributed by atoms with van der Waals surface area (Å²) in [5.74, 6) is -3.21. The number of carbonyl (C=O) groups excluding carboxylic acids is 5. The molecule has 0 fully saturated rings. The molecule has 16 heteroatoms. The average Bonchev–Trinajstić information content (AvgIpc) is 3.25. The van der Waals surface area contributed by atoms with E-state index >= 15 is 0 Å². The molecule has 0 radical (unpaired) electrons. The second-order valence-electron chi connectivity index (χ2n) is 16.4. The Bertz CT molecular complexity index is 1220. The number of carboxylic acids is 2. The van der Waals surface area contributed by atoms with E-state index in [9.17, 15) is 33.6 Å². The Morgan fingerprint density at radius 3 is 1.46 bits per heavy atom. The molecule has 0 spiro atoms. The maximum atomic E-state index is 12.9. The predicted molar refractivity (Wildman–Crippen MR) is 239 cm³/mol. The molecule has 16 nitrogen and oxygen atoms in total. The van der Waals surface area contributed by atoms with E-state index < -0.39 is 24.5 Å². The first-order valence-electron chi connectivity index (χ1n) is 24.0. The normalized spacial score (nSPS) is 12.2. The molecule has 366 valence electrons. The Morgan fingerprint density at radius 2 is 0.937 bits per heavy atom. The molecule has 0 aromatic carbocycles. The summed E-state index contributed by atoms with van der Waals surface area (Å²) in [4.78, 5) is 83.0. The summed E-state index contributed by atoms with van der Waals surface area (Å²) in [5, 5.41) is 32.4. The SMILES string of the molecule is CCC[C@@H](CCCCNC(=O)COCCOCCNC(=O)COCCOCCCC(=O)[C@H](CCC(=O)O)CC(=O)CCCCCCCCCCCCCCCCC(=O)O)C(=O)CO. The number of aliphatic carboxylic acids is 2. The van der Waals surface area contributed by atoms with Crippen LogP contribution in [0.1, 0.15) is 174 Å². The van der Waals surface area contributed by atoms with Crippen molar-refractivity contribution in [2.24, 2.45) is 11.8 Å². The summed E-state index contributed by atoms with van der Waals surface area (Å²) in [7, 11) is 0. The van der Waals surface area contributed by atoms with E-state index in [2.05, 4.69) is 10.6 Å². The van der Waals surface area contributed by atoms with Crippen LogP contribution in [0.15, 0.2) is 0 Å². The molecule has 0 heterocycles. The van der Waals surface area contributed by atoms with Gasteiger partial charge in [0.15, 0.2) is 5.78 Å². The van der Waals surface area contributed by atoms with E-state index in [1.54, 1.807) is 0 Å². The molecule has 0 rings (SSSR count). The summed E-state index contributed by atoms with van der Waals surface area (Å²) in [6.45, 7) is 3.55. The fourth-order valence-electron chi connectivity index (χ4n) is 7.15. The van der Waals surface area contributed by atoms with Gasteiger partial charge in [0.2, 0.25) is 11.8 Å². The van der Waals surface area contributed by atoms with Crippen LogP contribution in [0, 0.1) is 11.8 Å². The molecule has 0 bridgehead atoms. The molecule has 2 atom stereocenters. The highest BCUT2D eigenvalue weighted by Crippen LogP contribution is 2.20. The van der Waals surface area contributed by atoms with Crippen LogP contribution >= 0.6 is 0 Å². The Balaban J connectivity index is 3.84. The van der Waals surface area contributed by atoms with E-state index in [1.807, 2.05) is 6.92 Å². The number of Topliss-reactive ketones (excluding diaryl/α,β-unsaturated/α-hetero) is 3. The van der Waals surface area contributed by atoms with Crippen LogP contribution < -0.4 is 10.6 Å². The monoisotopic (exact) mass is 901 g/mol. The Labute approximate surface area is 377 Å². The number of carboxylic acid groups (broad SMARTS) is 2. The Hall–Kier alpha value is -3.31. The summed E-state index contributed by atoms with van der Waals surface area (Å²) < 4.78 is 21.6. The van der Waals surface area contributed by atoms with Crippen LogP contribution in [-0.2, 0) is 52.5 Å². The van der Waals surface area contributed by atoms with Gasteiger partial charge in [0.25, 0.3) is 0 Å². The van der Waals surface area contributed by atoms with Crippen LogP contribution in [0.5, 0.6) is 0 Å². The minimum Gasteiger partial charge on any atom is -0.481 e. The Morgan fingerprint density at radius 1 is 0.444 bits per heavy atom. The van der Waals surface area contributed by atoms with Crippen molar-refractivity contribution in [2.75, 3.05) is 72.6 Å². The van der Waals surface area contributed by atoms with Crippen molar-refractivity contribution in [1.82, 2.24) is 10.6 Å². The van der Waals surface area contributed by atoms with Gasteiger partial charge in [-0.15, -0.1) is 0 Å². The zero-order chi connectivity index (χ0) is 46.6. The first-order valence-corrected chi connectivity index (χ1v) is 24.0. The van der Waals surface area contributed by atoms with E-state index in [4.69, 9.17) is 34.3 Å². The number of carbonyl (C=O) groups is 7. The van der Waals surface area contributed by atoms with Gasteiger partial charge in [0.1, 0.15) is 31.4 Å². The lowest BCUT2D eigenvalue weighted by molar-refractivity contribution is -0.138. The highest BCUT2D eigenvalue weighted by atomic mass is 16.5. The van der Waals surface area contributed by atoms with Crippen LogP contribution in [0.3, 0.4) is 0 Å². The second-order valence-corrected chi connectivity index (χ2v) is 16.4. The highest BCUT2D eigenvalue weighted by Gasteiger charge is 2.22. The number of hydrogen-bond acceptors (Lipinski definition) is 12. The number of aliphatic hydroxyl groups is 1. The van der Waals surface area contributed by atoms with E-state index in [0.717, 1.165) is 70.6 Å². The number of rotatable bonds is 49. The number of unbranched alkanes of at least 4 members (excludes halogenated alkanes) is 14. The molecule has 0 aromatic rings. The number of ether oxygens (including phenoxy) is 4. The van der Waals surface area contributed by atoms with E-state index in [-0.39, 0.29) is 120 Å². The molecule has 0 aromatic heterocycles. The van der Waals surface area contributed by atoms with Crippen molar-refractivity contribution in [3.05, 3.63) is 0 Å². The quantitative estimate of drug-likeness (QED) is 0.0407. The Kier molecular flexibility index (Phi) is 41.6. The van der Waals surface area contributed by atoms with Crippen LogP contribution in [0.25, 0.3) is 0 Å². The van der Waals surface area contributed by atoms with E-state index in [0.29, 0.717) is 32.4 Å². The smallest absolute Gasteiger partial charge is 0.303 e. The predicted octanol–water partition coefficient (Wildman–Crippen LogP) is 6.55. The molecular weight excluding hydrogens is 817 g/mol. The fraction of sp³-hybridized carbons (Fsp3) is 0.851. The maximum Gasteiger partial charge on any atom is 0.303 e. The summed E-state index contributed by atoms with van der Waals surface area (Å²) in [6.07, 6.45) is 20.6. The fourth-order valence-corrected chi connectivity index (χ4v) is 7.15. The standard InChI is InChI=1S/C47H84N2O14/c1-2-20-39(43(53)36-50)21-17-18-27-48-44(54)37-63-34-32-61-30-28-49-45(55)38-62-33-31-60-29-19-23-42(52)40(25-26-47(58)59)35-41(51)22-15-13-11-9-7-5-3-4-6-8-10-12-14-16-24-46(56)57/h39-40,50H,2-38H2,1H3,(H,48,54)(H,49,55)(H,56,57)(H,58,59)/t39-,40+/m0/s1. The summed E-state index contributed by atoms with van der Waals surface area (Å²) in [6, 6.07) is 0. The van der Waals surface area contributed by atoms with Gasteiger partial charge < -0.3 is 44.9 Å². The summed E-state index contributed by atoms with van der Waals surface area (Å²) in [5.41, 5.74) is 0. The number of nitrogens with one attached hydrogen (secondary N) is 2. The van der Waals surface area contributed by atoms with Gasteiger partial charge in [-0.3, -0.25) is 33.6 Å². The molecule has 0 unspecified atom stereocenters. The van der Waals surface area contributed by atoms with Crippen molar-refractivity contribution < 1.29 is 67.8 Å². The zero-order valence-corrected chi connectivity index (χ0v) is 38.7. The third-order valence-corrected chi connectivity index (χ3v) is 10.8. The lowest BCUT2D eigenvalue weighted by Gasteiger charge is -2.14. The van der Waals surface area contributed by atoms with Crippen molar-refractivity contribution in [3.8, 4) is 0 Å². The lowest BCUT2D eigenvalue weighted by atomic mass is 9.89. The molecule has 5 N–H and O–H groups in total. The zero-order valence-electron chi connectivity index (χ0n) is 38.7. The first-order chi connectivity index (χ1) is 30.5. The number of hydrogen-bond donors (Lipinski definition) is 5. The molecule has 0 saturated heterocycles. The van der Waals surface area contributed by atoms with Crippen molar-refractivity contribution in [1.29, 1.82) is 0 Å². The first kappa shape index (κ1) is 59.7. The van der Waals surface area contributed by atoms with Crippen molar-refractivity contribution in [2.45, 2.75) is 174 Å². The number of aliphatic hydroxyl groups excluding tert-OH is 1. The maximum absolute atomic E-state index is 12.9. The minimum atomic E-state index is -0.992. The number of ketones is 3. The third kappa shape index (κ3) is 41.2. The van der Waals surface area contributed by atoms with Gasteiger partial charge in [0, 0.05) is 63.6 Å². The molecule has 0 aliphatic rings. The van der Waals surface area contributed by atoms with Crippen LogP contribution in [0.4, 0.5) is 0 Å². The van der Waals surface area contributed by atoms with Gasteiger partial charge in [0.05, 0.1) is 33.0 Å². The van der Waals surface area contributed by atoms with E-state index in [1.165, 1.54) is 44.9 Å². The van der Waals surface area contributed by atoms with Gasteiger partial charge in [-0.05, 0) is 44.9 Å². The lowest BCUT2D eigenvalue weighted by Crippen LogP contribution is -2.31. The molecule has 63 heavy (non-hydrogen) atoms. The minimum absolute atomic E-state index is 0.00542. The topological polar surface area (TPSA) is 241 Å². The van der Waals surface area contributed by atoms with Crippen LogP contribution in [-0.4, -0.2) is 129 Å². The average molecular weight is 901 g/mol. The summed E-state index contributed by atoms with van der Waals surface area (Å²) >= 11 is 0. The molecule has 0 aliphatic carbocycles. The molecular formula is C47H84N2O14. The van der Waals surface area contributed by atoms with Gasteiger partial charge in [-0.1, -0.05) is 96.8 Å². The number of amides is 2. The van der Waals surface area contributed by atoms with Crippen molar-refractivity contribution in [3.63, 3.8) is 0 Å². The second kappa shape index (κ2) is 43.9. The largest absolute Gasteiger partial charge is 0.481 e. The van der Waals surface area contributed by atoms with Gasteiger partial charge >= 0.3 is 11.9 Å². The highest BCUT2D eigenvalue weighted by molar-refractivity contribution is 5.88. The van der Waals surface area contributed by atoms with Crippen molar-refractivity contribution >= 4 is 41.1 Å². The van der Waals surface area contributed by atoms with Gasteiger partial charge in [-0.25, -0.2) is 0 Å². The van der Waals surface area contributed by atoms with Crippen LogP contribution in [0.2, 0.25) is 0 Å².